The maximum absolute atomic E-state index is 11.3. The molecule has 0 aliphatic carbocycles. The number of ketones is 1. The lowest BCUT2D eigenvalue weighted by molar-refractivity contribution is -0.384. The molecule has 0 aliphatic rings. The summed E-state index contributed by atoms with van der Waals surface area (Å²) in [6.45, 7) is 0. The van der Waals surface area contributed by atoms with E-state index in [2.05, 4.69) is 0 Å². The lowest BCUT2D eigenvalue weighted by atomic mass is 10.1. The Labute approximate surface area is 87.4 Å². The lowest BCUT2D eigenvalue weighted by Crippen LogP contribution is -2.10. The van der Waals surface area contributed by atoms with Gasteiger partial charge in [0.2, 0.25) is 0 Å². The van der Waals surface area contributed by atoms with Crippen LogP contribution >= 0.6 is 0 Å². The van der Waals surface area contributed by atoms with Crippen molar-refractivity contribution < 1.29 is 18.5 Å². The maximum atomic E-state index is 11.3. The van der Waals surface area contributed by atoms with Crippen molar-refractivity contribution in [2.75, 3.05) is 5.75 Å². The summed E-state index contributed by atoms with van der Waals surface area (Å²) in [6, 6.07) is 5.04. The molecule has 0 aromatic heterocycles. The molecule has 0 aliphatic heterocycles. The van der Waals surface area contributed by atoms with Gasteiger partial charge in [0, 0.05) is 17.7 Å². The van der Waals surface area contributed by atoms with Crippen LogP contribution in [0.15, 0.2) is 24.3 Å². The second-order valence-corrected chi connectivity index (χ2v) is 3.63. The van der Waals surface area contributed by atoms with E-state index in [9.17, 15) is 19.1 Å². The smallest absolute Gasteiger partial charge is 0.270 e. The monoisotopic (exact) mass is 229 g/mol. The SMILES string of the molecule is O=C(CS(=O)O)c1cccc([N+](=O)[O-])c1. The number of carbonyl (C=O) groups excluding carboxylic acids is 1. The van der Waals surface area contributed by atoms with Gasteiger partial charge in [-0.15, -0.1) is 0 Å². The topological polar surface area (TPSA) is 97.5 Å². The Morgan fingerprint density at radius 3 is 2.73 bits per heavy atom. The Kier molecular flexibility index (Phi) is 3.64. The van der Waals surface area contributed by atoms with Gasteiger partial charge in [-0.2, -0.15) is 0 Å². The zero-order valence-corrected chi connectivity index (χ0v) is 8.27. The van der Waals surface area contributed by atoms with Gasteiger partial charge in [-0.3, -0.25) is 14.9 Å². The molecule has 0 amide bonds. The summed E-state index contributed by atoms with van der Waals surface area (Å²) in [5.41, 5.74) is -0.156. The number of hydrogen-bond acceptors (Lipinski definition) is 4. The molecule has 80 valence electrons. The number of benzene rings is 1. The van der Waals surface area contributed by atoms with Crippen molar-refractivity contribution in [2.24, 2.45) is 0 Å². The largest absolute Gasteiger partial charge is 0.306 e. The van der Waals surface area contributed by atoms with Crippen LogP contribution in [0.4, 0.5) is 5.69 Å². The van der Waals surface area contributed by atoms with Crippen LogP contribution in [0.25, 0.3) is 0 Å². The third-order valence-electron chi connectivity index (χ3n) is 1.63. The molecule has 1 rings (SSSR count). The summed E-state index contributed by atoms with van der Waals surface area (Å²) < 4.78 is 18.8. The number of non-ortho nitro benzene ring substituents is 1. The van der Waals surface area contributed by atoms with Gasteiger partial charge < -0.3 is 4.55 Å². The van der Waals surface area contributed by atoms with E-state index < -0.39 is 27.5 Å². The summed E-state index contributed by atoms with van der Waals surface area (Å²) in [4.78, 5) is 21.0. The highest BCUT2D eigenvalue weighted by Gasteiger charge is 2.12. The van der Waals surface area contributed by atoms with Gasteiger partial charge in [-0.25, -0.2) is 4.21 Å². The summed E-state index contributed by atoms with van der Waals surface area (Å²) in [6.07, 6.45) is 0. The minimum atomic E-state index is -2.23. The molecule has 0 bridgehead atoms. The number of nitrogens with zero attached hydrogens (tertiary/aromatic N) is 1. The van der Waals surface area contributed by atoms with Crippen LogP contribution in [-0.2, 0) is 11.1 Å². The third kappa shape index (κ3) is 3.22. The lowest BCUT2D eigenvalue weighted by Gasteiger charge is -1.97. The zero-order valence-electron chi connectivity index (χ0n) is 7.45. The van der Waals surface area contributed by atoms with Crippen molar-refractivity contribution >= 4 is 22.6 Å². The molecule has 0 fully saturated rings. The second kappa shape index (κ2) is 4.76. The van der Waals surface area contributed by atoms with E-state index in [1.807, 2.05) is 0 Å². The van der Waals surface area contributed by atoms with Gasteiger partial charge in [0.1, 0.15) is 5.75 Å². The number of nitro groups is 1. The van der Waals surface area contributed by atoms with Crippen LogP contribution < -0.4 is 0 Å². The fourth-order valence-electron chi connectivity index (χ4n) is 0.988. The molecule has 0 saturated carbocycles. The molecule has 0 spiro atoms. The second-order valence-electron chi connectivity index (χ2n) is 2.70. The molecule has 0 radical (unpaired) electrons. The molecule has 1 atom stereocenters. The number of Topliss-reactive ketones (excluding diaryl/α,β-unsaturated/α-hetero) is 1. The van der Waals surface area contributed by atoms with Crippen LogP contribution in [-0.4, -0.2) is 25.2 Å². The summed E-state index contributed by atoms with van der Waals surface area (Å²) in [5, 5.41) is 10.4. The van der Waals surface area contributed by atoms with Gasteiger partial charge in [-0.1, -0.05) is 12.1 Å². The van der Waals surface area contributed by atoms with Crippen molar-refractivity contribution in [1.29, 1.82) is 0 Å². The highest BCUT2D eigenvalue weighted by atomic mass is 32.2. The molecule has 1 unspecified atom stereocenters. The number of rotatable bonds is 4. The average molecular weight is 229 g/mol. The van der Waals surface area contributed by atoms with E-state index in [-0.39, 0.29) is 11.3 Å². The molecule has 15 heavy (non-hydrogen) atoms. The van der Waals surface area contributed by atoms with Gasteiger partial charge >= 0.3 is 0 Å². The highest BCUT2D eigenvalue weighted by Crippen LogP contribution is 2.13. The van der Waals surface area contributed by atoms with Crippen molar-refractivity contribution in [3.63, 3.8) is 0 Å². The fourth-order valence-corrected chi connectivity index (χ4v) is 1.38. The minimum Gasteiger partial charge on any atom is -0.306 e. The molecule has 1 N–H and O–H groups in total. The van der Waals surface area contributed by atoms with E-state index in [0.29, 0.717) is 0 Å². The van der Waals surface area contributed by atoms with E-state index >= 15 is 0 Å². The van der Waals surface area contributed by atoms with Crippen LogP contribution in [0.1, 0.15) is 10.4 Å². The van der Waals surface area contributed by atoms with Crippen molar-refractivity contribution in [1.82, 2.24) is 0 Å². The van der Waals surface area contributed by atoms with Crippen LogP contribution in [0, 0.1) is 10.1 Å². The molecule has 1 aromatic rings. The summed E-state index contributed by atoms with van der Waals surface area (Å²) in [7, 11) is 0. The Balaban J connectivity index is 2.95. The normalized spacial score (nSPS) is 12.1. The van der Waals surface area contributed by atoms with Crippen molar-refractivity contribution in [2.45, 2.75) is 0 Å². The minimum absolute atomic E-state index is 0.0617. The first-order chi connectivity index (χ1) is 7.00. The first-order valence-corrected chi connectivity index (χ1v) is 5.13. The first-order valence-electron chi connectivity index (χ1n) is 3.86. The molecule has 0 heterocycles. The van der Waals surface area contributed by atoms with Gasteiger partial charge in [0.05, 0.1) is 4.92 Å². The molecule has 6 nitrogen and oxygen atoms in total. The summed E-state index contributed by atoms with van der Waals surface area (Å²) >= 11 is -2.23. The van der Waals surface area contributed by atoms with E-state index in [4.69, 9.17) is 4.55 Å². The van der Waals surface area contributed by atoms with Gasteiger partial charge in [-0.05, 0) is 0 Å². The first kappa shape index (κ1) is 11.5. The van der Waals surface area contributed by atoms with E-state index in [1.165, 1.54) is 18.2 Å². The molecule has 1 aromatic carbocycles. The maximum Gasteiger partial charge on any atom is 0.270 e. The van der Waals surface area contributed by atoms with E-state index in [0.717, 1.165) is 6.07 Å². The fraction of sp³-hybridized carbons (Fsp3) is 0.125. The number of carbonyl (C=O) groups is 1. The van der Waals surface area contributed by atoms with Crippen molar-refractivity contribution in [3.05, 3.63) is 39.9 Å². The molecular formula is C8H7NO5S. The molecule has 7 heteroatoms. The highest BCUT2D eigenvalue weighted by molar-refractivity contribution is 7.80. The third-order valence-corrected chi connectivity index (χ3v) is 2.14. The predicted octanol–water partition coefficient (Wildman–Crippen LogP) is 0.999. The van der Waals surface area contributed by atoms with Crippen LogP contribution in [0.2, 0.25) is 0 Å². The van der Waals surface area contributed by atoms with E-state index in [1.54, 1.807) is 0 Å². The Morgan fingerprint density at radius 2 is 2.20 bits per heavy atom. The number of hydrogen-bond donors (Lipinski definition) is 1. The molecular weight excluding hydrogens is 222 g/mol. The zero-order chi connectivity index (χ0) is 11.4. The van der Waals surface area contributed by atoms with Crippen LogP contribution in [0.5, 0.6) is 0 Å². The number of nitro benzene ring substituents is 1. The molecule has 0 saturated heterocycles. The quantitative estimate of drug-likeness (QED) is 0.359. The predicted molar refractivity (Wildman–Crippen MR) is 53.1 cm³/mol. The Bertz CT molecular complexity index is 431. The van der Waals surface area contributed by atoms with Gasteiger partial charge in [0.25, 0.3) is 5.69 Å². The van der Waals surface area contributed by atoms with Crippen molar-refractivity contribution in [3.8, 4) is 0 Å². The Morgan fingerprint density at radius 1 is 1.53 bits per heavy atom. The summed E-state index contributed by atoms with van der Waals surface area (Å²) in [5.74, 6) is -1.15. The Hall–Kier alpha value is -1.60. The average Bonchev–Trinajstić information content (AvgIpc) is 2.17. The standard InChI is InChI=1S/C8H7NO5S/c10-8(5-15(13)14)6-2-1-3-7(4-6)9(11)12/h1-4H,5H2,(H,13,14). The van der Waals surface area contributed by atoms with Gasteiger partial charge in [0.15, 0.2) is 16.9 Å². The van der Waals surface area contributed by atoms with Crippen LogP contribution in [0.3, 0.4) is 0 Å².